The normalized spacial score (nSPS) is 19.1. The first kappa shape index (κ1) is 23.6. The Bertz CT molecular complexity index is 1220. The summed E-state index contributed by atoms with van der Waals surface area (Å²) in [7, 11) is -1.93. The Balaban J connectivity index is 1.66. The fourth-order valence-corrected chi connectivity index (χ4v) is 6.81. The minimum Gasteiger partial charge on any atom is -0.508 e. The number of aromatic hydroxyl groups is 1. The first-order valence-electron chi connectivity index (χ1n) is 13.0. The van der Waals surface area contributed by atoms with Crippen molar-refractivity contribution in [2.24, 2.45) is 5.92 Å². The van der Waals surface area contributed by atoms with Gasteiger partial charge in [-0.3, -0.25) is 4.79 Å². The van der Waals surface area contributed by atoms with Crippen molar-refractivity contribution in [2.75, 3.05) is 6.61 Å². The topological polar surface area (TPSA) is 46.5 Å². The summed E-state index contributed by atoms with van der Waals surface area (Å²) >= 11 is 0. The number of carbonyl (C=O) groups is 1. The third kappa shape index (κ3) is 3.89. The molecule has 3 aliphatic carbocycles. The molecule has 2 aromatic rings. The van der Waals surface area contributed by atoms with E-state index < -0.39 is 8.32 Å². The van der Waals surface area contributed by atoms with Gasteiger partial charge in [-0.2, -0.15) is 0 Å². The minimum atomic E-state index is -1.93. The largest absolute Gasteiger partial charge is 0.508 e. The first-order valence-corrected chi connectivity index (χ1v) is 15.9. The van der Waals surface area contributed by atoms with Crippen molar-refractivity contribution >= 4 is 36.5 Å². The molecule has 0 radical (unpaired) electrons. The summed E-state index contributed by atoms with van der Waals surface area (Å²) in [5.41, 5.74) is 6.54. The summed E-state index contributed by atoms with van der Waals surface area (Å²) < 4.78 is 6.65. The fourth-order valence-electron chi connectivity index (χ4n) is 5.84. The highest BCUT2D eigenvalue weighted by Crippen LogP contribution is 2.47. The van der Waals surface area contributed by atoms with E-state index in [1.807, 2.05) is 6.07 Å². The quantitative estimate of drug-likeness (QED) is 0.456. The van der Waals surface area contributed by atoms with E-state index in [9.17, 15) is 9.90 Å². The zero-order chi connectivity index (χ0) is 24.3. The van der Waals surface area contributed by atoms with Crippen LogP contribution in [0.3, 0.4) is 0 Å². The van der Waals surface area contributed by atoms with Crippen LogP contribution in [0.2, 0.25) is 18.1 Å². The van der Waals surface area contributed by atoms with E-state index in [0.29, 0.717) is 24.7 Å². The zero-order valence-corrected chi connectivity index (χ0v) is 22.4. The number of benzene rings is 2. The van der Waals surface area contributed by atoms with Crippen LogP contribution in [0.25, 0.3) is 22.4 Å². The number of Topliss-reactive ketones (excluding diaryl/α,β-unsaturated/α-hetero) is 1. The van der Waals surface area contributed by atoms with Gasteiger partial charge in [0.2, 0.25) is 0 Å². The molecule has 1 N–H and O–H groups in total. The molecule has 1 saturated carbocycles. The molecule has 5 rings (SSSR count). The number of fused-ring (bicyclic) bond motifs is 5. The molecular formula is C30H38O3Si. The maximum absolute atomic E-state index is 13.7. The Kier molecular flexibility index (Phi) is 5.89. The molecule has 4 heteroatoms. The molecule has 0 unspecified atom stereocenters. The van der Waals surface area contributed by atoms with Crippen molar-refractivity contribution in [3.8, 4) is 5.75 Å². The summed E-state index contributed by atoms with van der Waals surface area (Å²) in [6, 6.07) is 6.23. The van der Waals surface area contributed by atoms with Crippen LogP contribution in [0.5, 0.6) is 5.75 Å². The standard InChI is InChI=1S/C30H38O3Si/c1-30(2,3)34(4,5)33-18-20-16-27(32)29-24(28(20)19-10-6-7-11-19)15-14-22-21-12-8-9-13-23(21)26(31)17-25(22)29/h8,12,14-15,17,19,31H,6-7,9-11,13,16,18H2,1-5H3. The third-order valence-electron chi connectivity index (χ3n) is 8.80. The summed E-state index contributed by atoms with van der Waals surface area (Å²) in [6.07, 6.45) is 11.4. The van der Waals surface area contributed by atoms with Crippen molar-refractivity contribution in [3.63, 3.8) is 0 Å². The Labute approximate surface area is 205 Å². The maximum Gasteiger partial charge on any atom is 0.192 e. The predicted octanol–water partition coefficient (Wildman–Crippen LogP) is 8.06. The lowest BCUT2D eigenvalue weighted by atomic mass is 9.76. The number of phenols is 1. The number of hydrogen-bond acceptors (Lipinski definition) is 3. The molecule has 0 aliphatic heterocycles. The van der Waals surface area contributed by atoms with Crippen LogP contribution in [0.4, 0.5) is 0 Å². The number of hydrogen-bond donors (Lipinski definition) is 1. The Hall–Kier alpha value is -2.17. The fraction of sp³-hybridized carbons (Fsp3) is 0.500. The molecule has 1 fully saturated rings. The number of allylic oxidation sites excluding steroid dienone is 2. The van der Waals surface area contributed by atoms with Gasteiger partial charge in [0.25, 0.3) is 0 Å². The van der Waals surface area contributed by atoms with Gasteiger partial charge in [0.1, 0.15) is 5.75 Å². The molecule has 0 aromatic heterocycles. The van der Waals surface area contributed by atoms with Crippen molar-refractivity contribution in [3.05, 3.63) is 52.1 Å². The van der Waals surface area contributed by atoms with Crippen molar-refractivity contribution < 1.29 is 14.3 Å². The minimum absolute atomic E-state index is 0.137. The molecule has 2 aromatic carbocycles. The third-order valence-corrected chi connectivity index (χ3v) is 13.3. The Morgan fingerprint density at radius 3 is 2.56 bits per heavy atom. The Morgan fingerprint density at radius 1 is 1.12 bits per heavy atom. The van der Waals surface area contributed by atoms with E-state index in [-0.39, 0.29) is 10.8 Å². The van der Waals surface area contributed by atoms with Crippen molar-refractivity contribution in [2.45, 2.75) is 83.8 Å². The number of carbonyl (C=O) groups excluding carboxylic acids is 1. The number of rotatable bonds is 4. The lowest BCUT2D eigenvalue weighted by Crippen LogP contribution is -2.41. The molecule has 0 bridgehead atoms. The second-order valence-corrected chi connectivity index (χ2v) is 16.8. The van der Waals surface area contributed by atoms with Gasteiger partial charge < -0.3 is 9.53 Å². The second-order valence-electron chi connectivity index (χ2n) is 12.0. The van der Waals surface area contributed by atoms with Crippen LogP contribution >= 0.6 is 0 Å². The van der Waals surface area contributed by atoms with E-state index in [0.717, 1.165) is 45.9 Å². The van der Waals surface area contributed by atoms with Crippen molar-refractivity contribution in [1.29, 1.82) is 0 Å². The average molecular weight is 475 g/mol. The molecule has 3 nitrogen and oxygen atoms in total. The van der Waals surface area contributed by atoms with E-state index in [4.69, 9.17) is 4.43 Å². The van der Waals surface area contributed by atoms with E-state index in [1.165, 1.54) is 36.8 Å². The summed E-state index contributed by atoms with van der Waals surface area (Å²) in [6.45, 7) is 11.9. The van der Waals surface area contributed by atoms with Gasteiger partial charge in [-0.25, -0.2) is 0 Å². The van der Waals surface area contributed by atoms with Gasteiger partial charge in [-0.05, 0) is 88.8 Å². The summed E-state index contributed by atoms with van der Waals surface area (Å²) in [5.74, 6) is 0.982. The van der Waals surface area contributed by atoms with Crippen LogP contribution in [-0.4, -0.2) is 25.8 Å². The molecule has 0 spiro atoms. The highest BCUT2D eigenvalue weighted by Gasteiger charge is 2.39. The highest BCUT2D eigenvalue weighted by molar-refractivity contribution is 6.74. The van der Waals surface area contributed by atoms with Gasteiger partial charge in [0.15, 0.2) is 14.1 Å². The molecular weight excluding hydrogens is 436 g/mol. The van der Waals surface area contributed by atoms with Crippen LogP contribution in [0.1, 0.15) is 86.3 Å². The second kappa shape index (κ2) is 8.49. The van der Waals surface area contributed by atoms with Gasteiger partial charge in [-0.1, -0.05) is 57.9 Å². The molecule has 0 heterocycles. The van der Waals surface area contributed by atoms with Crippen molar-refractivity contribution in [1.82, 2.24) is 0 Å². The van der Waals surface area contributed by atoms with E-state index in [2.05, 4.69) is 58.2 Å². The van der Waals surface area contributed by atoms with Gasteiger partial charge in [-0.15, -0.1) is 0 Å². The van der Waals surface area contributed by atoms with E-state index >= 15 is 0 Å². The SMILES string of the molecule is CC(C)(C)[Si](C)(C)OCC1=C(C2CCCC2)c2ccc3c4c(c(O)cc3c2C(=O)C1)CCC=C4. The lowest BCUT2D eigenvalue weighted by Gasteiger charge is -2.37. The maximum atomic E-state index is 13.7. The van der Waals surface area contributed by atoms with Crippen LogP contribution in [0, 0.1) is 5.92 Å². The molecule has 0 atom stereocenters. The molecule has 0 saturated heterocycles. The van der Waals surface area contributed by atoms with Crippen LogP contribution < -0.4 is 0 Å². The van der Waals surface area contributed by atoms with Crippen LogP contribution in [0.15, 0.2) is 29.8 Å². The molecule has 34 heavy (non-hydrogen) atoms. The average Bonchev–Trinajstić information content (AvgIpc) is 3.31. The molecule has 3 aliphatic rings. The first-order chi connectivity index (χ1) is 16.1. The zero-order valence-electron chi connectivity index (χ0n) is 21.4. The highest BCUT2D eigenvalue weighted by atomic mass is 28.4. The molecule has 0 amide bonds. The number of ketones is 1. The van der Waals surface area contributed by atoms with E-state index in [1.54, 1.807) is 0 Å². The molecule has 180 valence electrons. The van der Waals surface area contributed by atoms with Crippen LogP contribution in [-0.2, 0) is 10.8 Å². The predicted molar refractivity (Wildman–Crippen MR) is 144 cm³/mol. The van der Waals surface area contributed by atoms with Gasteiger partial charge >= 0.3 is 0 Å². The van der Waals surface area contributed by atoms with Gasteiger partial charge in [0, 0.05) is 17.5 Å². The smallest absolute Gasteiger partial charge is 0.192 e. The Morgan fingerprint density at radius 2 is 1.85 bits per heavy atom. The lowest BCUT2D eigenvalue weighted by molar-refractivity contribution is 0.0988. The summed E-state index contributed by atoms with van der Waals surface area (Å²) in [5, 5.41) is 13.0. The number of phenolic OH excluding ortho intramolecular Hbond substituents is 1. The monoisotopic (exact) mass is 474 g/mol. The summed E-state index contributed by atoms with van der Waals surface area (Å²) in [4.78, 5) is 13.7. The van der Waals surface area contributed by atoms with Gasteiger partial charge in [0.05, 0.1) is 6.61 Å².